The number of hydrogen-bond donors (Lipinski definition) is 1. The number of methoxy groups -OCH3 is 1. The molecule has 1 aliphatic rings. The number of ether oxygens (including phenoxy) is 1. The summed E-state index contributed by atoms with van der Waals surface area (Å²) in [5.41, 5.74) is 7.43. The Morgan fingerprint density at radius 2 is 2.13 bits per heavy atom. The van der Waals surface area contributed by atoms with Crippen LogP contribution >= 0.6 is 12.4 Å². The van der Waals surface area contributed by atoms with Crippen LogP contribution in [0.4, 0.5) is 0 Å². The first kappa shape index (κ1) is 12.0. The second kappa shape index (κ2) is 4.21. The SMILES string of the molecule is COC(=O)c1cccc(C2(N)CC2)c1.Cl. The summed E-state index contributed by atoms with van der Waals surface area (Å²) >= 11 is 0. The summed E-state index contributed by atoms with van der Waals surface area (Å²) in [5, 5.41) is 0. The van der Waals surface area contributed by atoms with Crippen molar-refractivity contribution in [3.05, 3.63) is 35.4 Å². The topological polar surface area (TPSA) is 52.3 Å². The van der Waals surface area contributed by atoms with Gasteiger partial charge in [-0.15, -0.1) is 12.4 Å². The molecule has 0 aromatic heterocycles. The van der Waals surface area contributed by atoms with Gasteiger partial charge >= 0.3 is 5.97 Å². The molecule has 1 saturated carbocycles. The number of carbonyl (C=O) groups excluding carboxylic acids is 1. The van der Waals surface area contributed by atoms with Gasteiger partial charge in [-0.25, -0.2) is 4.79 Å². The molecule has 0 unspecified atom stereocenters. The molecular weight excluding hydrogens is 214 g/mol. The maximum Gasteiger partial charge on any atom is 0.337 e. The molecule has 2 rings (SSSR count). The largest absolute Gasteiger partial charge is 0.465 e. The van der Waals surface area contributed by atoms with Crippen molar-refractivity contribution in [2.45, 2.75) is 18.4 Å². The van der Waals surface area contributed by atoms with Crippen molar-refractivity contribution >= 4 is 18.4 Å². The normalized spacial score (nSPS) is 16.4. The monoisotopic (exact) mass is 227 g/mol. The Kier molecular flexibility index (Phi) is 3.37. The van der Waals surface area contributed by atoms with Crippen LogP contribution in [0.15, 0.2) is 24.3 Å². The molecule has 2 N–H and O–H groups in total. The highest BCUT2D eigenvalue weighted by Gasteiger charge is 2.40. The van der Waals surface area contributed by atoms with Gasteiger partial charge in [0, 0.05) is 5.54 Å². The van der Waals surface area contributed by atoms with E-state index < -0.39 is 0 Å². The van der Waals surface area contributed by atoms with Gasteiger partial charge in [-0.2, -0.15) is 0 Å². The fraction of sp³-hybridized carbons (Fsp3) is 0.364. The molecule has 0 aliphatic heterocycles. The van der Waals surface area contributed by atoms with Crippen LogP contribution in [0, 0.1) is 0 Å². The third-order valence-corrected chi connectivity index (χ3v) is 2.65. The van der Waals surface area contributed by atoms with Crippen molar-refractivity contribution in [1.29, 1.82) is 0 Å². The first-order chi connectivity index (χ1) is 6.65. The van der Waals surface area contributed by atoms with Crippen LogP contribution in [-0.2, 0) is 10.3 Å². The second-order valence-corrected chi connectivity index (χ2v) is 3.73. The number of nitrogens with two attached hydrogens (primary N) is 1. The highest BCUT2D eigenvalue weighted by molar-refractivity contribution is 5.89. The Bertz CT molecular complexity index is 375. The number of carbonyl (C=O) groups is 1. The van der Waals surface area contributed by atoms with Crippen LogP contribution in [0.5, 0.6) is 0 Å². The van der Waals surface area contributed by atoms with E-state index in [-0.39, 0.29) is 23.9 Å². The van der Waals surface area contributed by atoms with Gasteiger partial charge < -0.3 is 10.5 Å². The third kappa shape index (κ3) is 2.30. The molecule has 1 aliphatic carbocycles. The summed E-state index contributed by atoms with van der Waals surface area (Å²) in [4.78, 5) is 11.2. The van der Waals surface area contributed by atoms with E-state index in [0.29, 0.717) is 5.56 Å². The van der Waals surface area contributed by atoms with Gasteiger partial charge in [-0.05, 0) is 30.5 Å². The summed E-state index contributed by atoms with van der Waals surface area (Å²) in [5.74, 6) is -0.309. The lowest BCUT2D eigenvalue weighted by molar-refractivity contribution is 0.0600. The fourth-order valence-corrected chi connectivity index (χ4v) is 1.50. The number of esters is 1. The zero-order chi connectivity index (χ0) is 10.2. The van der Waals surface area contributed by atoms with E-state index in [9.17, 15) is 4.79 Å². The highest BCUT2D eigenvalue weighted by atomic mass is 35.5. The molecule has 15 heavy (non-hydrogen) atoms. The first-order valence-corrected chi connectivity index (χ1v) is 4.63. The minimum atomic E-state index is -0.309. The van der Waals surface area contributed by atoms with Crippen molar-refractivity contribution in [2.24, 2.45) is 5.73 Å². The predicted octanol–water partition coefficient (Wildman–Crippen LogP) is 1.84. The molecule has 0 amide bonds. The lowest BCUT2D eigenvalue weighted by Crippen LogP contribution is -2.19. The maximum atomic E-state index is 11.2. The Balaban J connectivity index is 0.00000112. The zero-order valence-corrected chi connectivity index (χ0v) is 9.34. The lowest BCUT2D eigenvalue weighted by Gasteiger charge is -2.09. The summed E-state index contributed by atoms with van der Waals surface area (Å²) < 4.78 is 4.64. The molecule has 1 fully saturated rings. The lowest BCUT2D eigenvalue weighted by atomic mass is 10.0. The summed E-state index contributed by atoms with van der Waals surface area (Å²) in [6.07, 6.45) is 2.00. The van der Waals surface area contributed by atoms with Gasteiger partial charge in [0.1, 0.15) is 0 Å². The molecule has 0 heterocycles. The van der Waals surface area contributed by atoms with Gasteiger partial charge in [-0.1, -0.05) is 12.1 Å². The standard InChI is InChI=1S/C11H13NO2.ClH/c1-14-10(13)8-3-2-4-9(7-8)11(12)5-6-11;/h2-4,7H,5-6,12H2,1H3;1H. The van der Waals surface area contributed by atoms with Crippen LogP contribution in [0.25, 0.3) is 0 Å². The Morgan fingerprint density at radius 1 is 1.47 bits per heavy atom. The molecule has 4 heteroatoms. The van der Waals surface area contributed by atoms with Crippen LogP contribution in [-0.4, -0.2) is 13.1 Å². The van der Waals surface area contributed by atoms with Crippen LogP contribution in [0.3, 0.4) is 0 Å². The van der Waals surface area contributed by atoms with Crippen LogP contribution < -0.4 is 5.73 Å². The minimum Gasteiger partial charge on any atom is -0.465 e. The summed E-state index contributed by atoms with van der Waals surface area (Å²) in [6, 6.07) is 7.36. The number of hydrogen-bond acceptors (Lipinski definition) is 3. The van der Waals surface area contributed by atoms with Gasteiger partial charge in [0.15, 0.2) is 0 Å². The van der Waals surface area contributed by atoms with E-state index >= 15 is 0 Å². The molecule has 3 nitrogen and oxygen atoms in total. The first-order valence-electron chi connectivity index (χ1n) is 4.63. The predicted molar refractivity (Wildman–Crippen MR) is 60.1 cm³/mol. The fourth-order valence-electron chi connectivity index (χ4n) is 1.50. The van der Waals surface area contributed by atoms with Gasteiger partial charge in [-0.3, -0.25) is 0 Å². The maximum absolute atomic E-state index is 11.2. The molecule has 0 bridgehead atoms. The average Bonchev–Trinajstić information content (AvgIpc) is 2.97. The van der Waals surface area contributed by atoms with Crippen LogP contribution in [0.2, 0.25) is 0 Å². The van der Waals surface area contributed by atoms with Crippen molar-refractivity contribution < 1.29 is 9.53 Å². The summed E-state index contributed by atoms with van der Waals surface area (Å²) in [7, 11) is 1.38. The summed E-state index contributed by atoms with van der Waals surface area (Å²) in [6.45, 7) is 0. The Hall–Kier alpha value is -1.06. The highest BCUT2D eigenvalue weighted by Crippen LogP contribution is 2.42. The Labute approximate surface area is 95.0 Å². The average molecular weight is 228 g/mol. The zero-order valence-electron chi connectivity index (χ0n) is 8.53. The van der Waals surface area contributed by atoms with E-state index in [1.165, 1.54) is 7.11 Å². The molecule has 0 atom stereocenters. The quantitative estimate of drug-likeness (QED) is 0.785. The smallest absolute Gasteiger partial charge is 0.337 e. The van der Waals surface area contributed by atoms with Crippen LogP contribution in [0.1, 0.15) is 28.8 Å². The van der Waals surface area contributed by atoms with Crippen molar-refractivity contribution in [1.82, 2.24) is 0 Å². The minimum absolute atomic E-state index is 0. The van der Waals surface area contributed by atoms with Crippen molar-refractivity contribution in [3.8, 4) is 0 Å². The molecular formula is C11H14ClNO2. The number of halogens is 1. The van der Waals surface area contributed by atoms with E-state index in [4.69, 9.17) is 5.73 Å². The van der Waals surface area contributed by atoms with Gasteiger partial charge in [0.05, 0.1) is 12.7 Å². The van der Waals surface area contributed by atoms with E-state index in [1.54, 1.807) is 6.07 Å². The third-order valence-electron chi connectivity index (χ3n) is 2.65. The van der Waals surface area contributed by atoms with E-state index in [0.717, 1.165) is 18.4 Å². The van der Waals surface area contributed by atoms with E-state index in [1.807, 2.05) is 18.2 Å². The van der Waals surface area contributed by atoms with Crippen molar-refractivity contribution in [2.75, 3.05) is 7.11 Å². The molecule has 0 radical (unpaired) electrons. The van der Waals surface area contributed by atoms with Gasteiger partial charge in [0.25, 0.3) is 0 Å². The molecule has 1 aromatic carbocycles. The second-order valence-electron chi connectivity index (χ2n) is 3.73. The van der Waals surface area contributed by atoms with Crippen molar-refractivity contribution in [3.63, 3.8) is 0 Å². The molecule has 0 saturated heterocycles. The number of rotatable bonds is 2. The molecule has 1 aromatic rings. The molecule has 82 valence electrons. The Morgan fingerprint density at radius 3 is 2.67 bits per heavy atom. The molecule has 0 spiro atoms. The van der Waals surface area contributed by atoms with E-state index in [2.05, 4.69) is 4.74 Å². The number of benzene rings is 1. The van der Waals surface area contributed by atoms with Gasteiger partial charge in [0.2, 0.25) is 0 Å².